The maximum absolute atomic E-state index is 5.75. The summed E-state index contributed by atoms with van der Waals surface area (Å²) in [5.41, 5.74) is 8.05. The molecule has 1 nitrogen and oxygen atoms in total. The first kappa shape index (κ1) is 13.3. The minimum Gasteiger partial charge on any atom is -0.327 e. The smallest absolute Gasteiger partial charge is 0.0113 e. The van der Waals surface area contributed by atoms with Gasteiger partial charge in [-0.3, -0.25) is 0 Å². The molecule has 0 amide bonds. The van der Waals surface area contributed by atoms with Gasteiger partial charge in [-0.15, -0.1) is 25.6 Å². The Hall–Kier alpha value is -0.270. The van der Waals surface area contributed by atoms with Gasteiger partial charge in [0.25, 0.3) is 0 Å². The van der Waals surface area contributed by atoms with Gasteiger partial charge in [-0.25, -0.2) is 0 Å². The second-order valence-electron chi connectivity index (χ2n) is 3.08. The van der Waals surface area contributed by atoms with Crippen LogP contribution in [-0.4, -0.2) is 6.04 Å². The first-order chi connectivity index (χ1) is 4.52. The predicted octanol–water partition coefficient (Wildman–Crippen LogP) is 2.67. The van der Waals surface area contributed by atoms with E-state index >= 15 is 0 Å². The molecular formula is C9H18ClN. The Labute approximate surface area is 75.8 Å². The molecule has 0 saturated carbocycles. The van der Waals surface area contributed by atoms with Crippen molar-refractivity contribution in [2.45, 2.75) is 32.7 Å². The molecule has 0 unspecified atom stereocenters. The molecule has 0 aromatic heterocycles. The van der Waals surface area contributed by atoms with E-state index in [0.717, 1.165) is 24.0 Å². The van der Waals surface area contributed by atoms with Gasteiger partial charge in [0.05, 0.1) is 0 Å². The molecule has 0 aromatic rings. The van der Waals surface area contributed by atoms with Crippen molar-refractivity contribution in [1.82, 2.24) is 0 Å². The summed E-state index contributed by atoms with van der Waals surface area (Å²) in [5.74, 6) is 0. The maximum Gasteiger partial charge on any atom is 0.0113 e. The van der Waals surface area contributed by atoms with Crippen LogP contribution in [-0.2, 0) is 0 Å². The van der Waals surface area contributed by atoms with E-state index in [1.807, 2.05) is 13.8 Å². The Morgan fingerprint density at radius 3 is 1.64 bits per heavy atom. The Morgan fingerprint density at radius 1 is 1.18 bits per heavy atom. The molecule has 0 heterocycles. The van der Waals surface area contributed by atoms with E-state index in [2.05, 4.69) is 13.2 Å². The van der Waals surface area contributed by atoms with Crippen LogP contribution in [0.15, 0.2) is 24.3 Å². The largest absolute Gasteiger partial charge is 0.327 e. The van der Waals surface area contributed by atoms with Crippen molar-refractivity contribution in [3.63, 3.8) is 0 Å². The van der Waals surface area contributed by atoms with Crippen molar-refractivity contribution in [2.75, 3.05) is 0 Å². The Balaban J connectivity index is 0. The molecule has 0 rings (SSSR count). The van der Waals surface area contributed by atoms with Gasteiger partial charge in [0.2, 0.25) is 0 Å². The molecule has 0 aliphatic carbocycles. The van der Waals surface area contributed by atoms with Gasteiger partial charge in [-0.2, -0.15) is 0 Å². The minimum absolute atomic E-state index is 0. The lowest BCUT2D eigenvalue weighted by Crippen LogP contribution is -2.19. The van der Waals surface area contributed by atoms with Gasteiger partial charge in [-0.1, -0.05) is 11.1 Å². The summed E-state index contributed by atoms with van der Waals surface area (Å²) >= 11 is 0. The molecule has 0 radical (unpaired) electrons. The van der Waals surface area contributed by atoms with Gasteiger partial charge < -0.3 is 5.73 Å². The molecule has 0 aliphatic heterocycles. The lowest BCUT2D eigenvalue weighted by atomic mass is 10.0. The zero-order valence-corrected chi connectivity index (χ0v) is 8.21. The van der Waals surface area contributed by atoms with E-state index < -0.39 is 0 Å². The lowest BCUT2D eigenvalue weighted by molar-refractivity contribution is 0.658. The molecule has 0 bridgehead atoms. The van der Waals surface area contributed by atoms with E-state index in [1.165, 1.54) is 0 Å². The van der Waals surface area contributed by atoms with Crippen molar-refractivity contribution in [3.05, 3.63) is 24.3 Å². The molecule has 66 valence electrons. The van der Waals surface area contributed by atoms with Crippen LogP contribution in [0.4, 0.5) is 0 Å². The highest BCUT2D eigenvalue weighted by Gasteiger charge is 2.01. The molecule has 0 atom stereocenters. The predicted molar refractivity (Wildman–Crippen MR) is 54.1 cm³/mol. The number of nitrogens with two attached hydrogens (primary N) is 1. The minimum atomic E-state index is 0. The Bertz CT molecular complexity index is 124. The standard InChI is InChI=1S/C9H17N.ClH/c1-7(2)5-9(10)6-8(3)4;/h9H,1,3,5-6,10H2,2,4H3;1H. The highest BCUT2D eigenvalue weighted by atomic mass is 35.5. The van der Waals surface area contributed by atoms with Crippen molar-refractivity contribution in [2.24, 2.45) is 5.73 Å². The van der Waals surface area contributed by atoms with Gasteiger partial charge in [0.1, 0.15) is 0 Å². The molecule has 0 spiro atoms. The van der Waals surface area contributed by atoms with Crippen molar-refractivity contribution >= 4 is 12.4 Å². The van der Waals surface area contributed by atoms with Gasteiger partial charge in [0, 0.05) is 6.04 Å². The van der Waals surface area contributed by atoms with E-state index in [9.17, 15) is 0 Å². The Kier molecular flexibility index (Phi) is 7.80. The molecule has 0 fully saturated rings. The van der Waals surface area contributed by atoms with Crippen LogP contribution in [0.25, 0.3) is 0 Å². The second-order valence-corrected chi connectivity index (χ2v) is 3.08. The van der Waals surface area contributed by atoms with Crippen molar-refractivity contribution < 1.29 is 0 Å². The van der Waals surface area contributed by atoms with Crippen molar-refractivity contribution in [3.8, 4) is 0 Å². The maximum atomic E-state index is 5.75. The topological polar surface area (TPSA) is 26.0 Å². The fourth-order valence-corrected chi connectivity index (χ4v) is 0.967. The summed E-state index contributed by atoms with van der Waals surface area (Å²) in [4.78, 5) is 0. The van der Waals surface area contributed by atoms with E-state index in [1.54, 1.807) is 0 Å². The summed E-state index contributed by atoms with van der Waals surface area (Å²) in [6.07, 6.45) is 1.82. The van der Waals surface area contributed by atoms with Crippen LogP contribution < -0.4 is 5.73 Å². The van der Waals surface area contributed by atoms with Gasteiger partial charge >= 0.3 is 0 Å². The second kappa shape index (κ2) is 6.44. The van der Waals surface area contributed by atoms with Crippen LogP contribution in [0.1, 0.15) is 26.7 Å². The molecule has 2 N–H and O–H groups in total. The highest BCUT2D eigenvalue weighted by molar-refractivity contribution is 5.85. The molecule has 0 saturated heterocycles. The fourth-order valence-electron chi connectivity index (χ4n) is 0.967. The quantitative estimate of drug-likeness (QED) is 0.654. The lowest BCUT2D eigenvalue weighted by Gasteiger charge is -2.09. The summed E-state index contributed by atoms with van der Waals surface area (Å²) in [6.45, 7) is 11.6. The first-order valence-electron chi connectivity index (χ1n) is 3.56. The molecule has 11 heavy (non-hydrogen) atoms. The molecule has 2 heteroatoms. The van der Waals surface area contributed by atoms with E-state index in [0.29, 0.717) is 0 Å². The number of hydrogen-bond donors (Lipinski definition) is 1. The zero-order valence-electron chi connectivity index (χ0n) is 7.39. The molecule has 0 aliphatic rings. The Morgan fingerprint density at radius 2 is 1.45 bits per heavy atom. The van der Waals surface area contributed by atoms with Gasteiger partial charge in [0.15, 0.2) is 0 Å². The number of halogens is 1. The number of hydrogen-bond acceptors (Lipinski definition) is 1. The monoisotopic (exact) mass is 175 g/mol. The third-order valence-corrected chi connectivity index (χ3v) is 1.22. The van der Waals surface area contributed by atoms with Crippen LogP contribution in [0.5, 0.6) is 0 Å². The summed E-state index contributed by atoms with van der Waals surface area (Å²) in [5, 5.41) is 0. The third kappa shape index (κ3) is 9.73. The first-order valence-corrected chi connectivity index (χ1v) is 3.56. The summed E-state index contributed by atoms with van der Waals surface area (Å²) in [7, 11) is 0. The zero-order chi connectivity index (χ0) is 8.15. The van der Waals surface area contributed by atoms with Crippen LogP contribution in [0.2, 0.25) is 0 Å². The molecular weight excluding hydrogens is 158 g/mol. The fraction of sp³-hybridized carbons (Fsp3) is 0.556. The highest BCUT2D eigenvalue weighted by Crippen LogP contribution is 2.07. The molecule has 0 aromatic carbocycles. The van der Waals surface area contributed by atoms with E-state index in [-0.39, 0.29) is 18.4 Å². The summed E-state index contributed by atoms with van der Waals surface area (Å²) < 4.78 is 0. The normalized spacial score (nSPS) is 9.09. The third-order valence-electron chi connectivity index (χ3n) is 1.22. The van der Waals surface area contributed by atoms with Gasteiger partial charge in [-0.05, 0) is 26.7 Å². The SMILES string of the molecule is C=C(C)CC(N)CC(=C)C.Cl. The number of rotatable bonds is 4. The van der Waals surface area contributed by atoms with E-state index in [4.69, 9.17) is 5.73 Å². The average Bonchev–Trinajstić information content (AvgIpc) is 1.58. The van der Waals surface area contributed by atoms with Crippen LogP contribution in [0, 0.1) is 0 Å². The summed E-state index contributed by atoms with van der Waals surface area (Å²) in [6, 6.07) is 0.218. The van der Waals surface area contributed by atoms with Crippen LogP contribution in [0.3, 0.4) is 0 Å². The van der Waals surface area contributed by atoms with Crippen molar-refractivity contribution in [1.29, 1.82) is 0 Å². The van der Waals surface area contributed by atoms with Crippen LogP contribution >= 0.6 is 12.4 Å². The average molecular weight is 176 g/mol.